The normalized spacial score (nSPS) is 12.0. The summed E-state index contributed by atoms with van der Waals surface area (Å²) in [7, 11) is 2.39. The van der Waals surface area contributed by atoms with Gasteiger partial charge in [0.15, 0.2) is 0 Å². The SMILES string of the molecule is CO[Si](CCCSO)(OC)OC. The predicted molar refractivity (Wildman–Crippen MR) is 51.3 cm³/mol. The van der Waals surface area contributed by atoms with E-state index in [4.69, 9.17) is 17.8 Å². The summed E-state index contributed by atoms with van der Waals surface area (Å²) in [6.45, 7) is 0. The van der Waals surface area contributed by atoms with E-state index in [-0.39, 0.29) is 0 Å². The van der Waals surface area contributed by atoms with Crippen LogP contribution in [0.2, 0.25) is 6.04 Å². The van der Waals surface area contributed by atoms with Crippen LogP contribution >= 0.6 is 12.0 Å². The van der Waals surface area contributed by atoms with Crippen molar-refractivity contribution in [1.82, 2.24) is 0 Å². The first-order valence-electron chi connectivity index (χ1n) is 3.66. The van der Waals surface area contributed by atoms with Crippen molar-refractivity contribution in [3.05, 3.63) is 0 Å². The van der Waals surface area contributed by atoms with Crippen LogP contribution in [0.3, 0.4) is 0 Å². The molecular weight excluding hydrogens is 196 g/mol. The van der Waals surface area contributed by atoms with Crippen molar-refractivity contribution in [2.45, 2.75) is 12.5 Å². The van der Waals surface area contributed by atoms with Crippen LogP contribution in [0.5, 0.6) is 0 Å². The topological polar surface area (TPSA) is 47.9 Å². The number of hydrogen-bond donors (Lipinski definition) is 1. The lowest BCUT2D eigenvalue weighted by molar-refractivity contribution is 0.123. The van der Waals surface area contributed by atoms with E-state index in [1.165, 1.54) is 0 Å². The molecule has 4 nitrogen and oxygen atoms in total. The van der Waals surface area contributed by atoms with Crippen molar-refractivity contribution in [1.29, 1.82) is 0 Å². The van der Waals surface area contributed by atoms with Gasteiger partial charge >= 0.3 is 8.80 Å². The van der Waals surface area contributed by atoms with Gasteiger partial charge < -0.3 is 17.8 Å². The van der Waals surface area contributed by atoms with Gasteiger partial charge in [0.25, 0.3) is 0 Å². The standard InChI is InChI=1S/C6H16O4SSi/c1-8-12(9-2,10-3)6-4-5-11-7/h7H,4-6H2,1-3H3. The Hall–Kier alpha value is 0.407. The Morgan fingerprint density at radius 1 is 1.17 bits per heavy atom. The summed E-state index contributed by atoms with van der Waals surface area (Å²) in [6.07, 6.45) is 0.836. The van der Waals surface area contributed by atoms with Crippen molar-refractivity contribution >= 4 is 20.8 Å². The van der Waals surface area contributed by atoms with Crippen molar-refractivity contribution in [3.8, 4) is 0 Å². The first kappa shape index (κ1) is 12.4. The maximum absolute atomic E-state index is 8.49. The summed E-state index contributed by atoms with van der Waals surface area (Å²) in [5, 5.41) is 0. The van der Waals surface area contributed by atoms with E-state index in [1.807, 2.05) is 0 Å². The van der Waals surface area contributed by atoms with E-state index in [2.05, 4.69) is 0 Å². The van der Waals surface area contributed by atoms with Gasteiger partial charge in [-0.1, -0.05) is 0 Å². The largest absolute Gasteiger partial charge is 0.500 e. The lowest BCUT2D eigenvalue weighted by Gasteiger charge is -2.23. The first-order chi connectivity index (χ1) is 5.74. The maximum Gasteiger partial charge on any atom is 0.500 e. The Bertz CT molecular complexity index is 101. The van der Waals surface area contributed by atoms with Crippen LogP contribution in [0.4, 0.5) is 0 Å². The van der Waals surface area contributed by atoms with Crippen molar-refractivity contribution in [2.75, 3.05) is 27.1 Å². The van der Waals surface area contributed by atoms with Gasteiger partial charge in [-0.2, -0.15) is 0 Å². The molecule has 12 heavy (non-hydrogen) atoms. The van der Waals surface area contributed by atoms with Gasteiger partial charge in [-0.05, 0) is 18.5 Å². The van der Waals surface area contributed by atoms with Crippen LogP contribution < -0.4 is 0 Å². The molecule has 0 amide bonds. The second kappa shape index (κ2) is 6.87. The first-order valence-corrected chi connectivity index (χ1v) is 6.54. The molecule has 0 bridgehead atoms. The second-order valence-electron chi connectivity index (χ2n) is 2.23. The molecule has 0 aromatic rings. The number of hydrogen-bond acceptors (Lipinski definition) is 5. The third kappa shape index (κ3) is 3.88. The molecule has 0 heterocycles. The van der Waals surface area contributed by atoms with Crippen LogP contribution in [0.25, 0.3) is 0 Å². The number of rotatable bonds is 7. The predicted octanol–water partition coefficient (Wildman–Crippen LogP) is 1.46. The fourth-order valence-corrected chi connectivity index (χ4v) is 3.16. The minimum absolute atomic E-state index is 0.685. The summed E-state index contributed by atoms with van der Waals surface area (Å²) >= 11 is 0.829. The van der Waals surface area contributed by atoms with Gasteiger partial charge in [0, 0.05) is 33.1 Å². The monoisotopic (exact) mass is 212 g/mol. The third-order valence-electron chi connectivity index (χ3n) is 1.65. The Morgan fingerprint density at radius 2 is 1.67 bits per heavy atom. The highest BCUT2D eigenvalue weighted by atomic mass is 32.2. The molecule has 0 unspecified atom stereocenters. The highest BCUT2D eigenvalue weighted by Gasteiger charge is 2.36. The van der Waals surface area contributed by atoms with E-state index < -0.39 is 8.80 Å². The zero-order valence-corrected chi connectivity index (χ0v) is 9.52. The maximum atomic E-state index is 8.49. The van der Waals surface area contributed by atoms with E-state index in [9.17, 15) is 0 Å². The van der Waals surface area contributed by atoms with Gasteiger partial charge in [0.05, 0.1) is 0 Å². The Kier molecular flexibility index (Phi) is 7.11. The van der Waals surface area contributed by atoms with Crippen LogP contribution in [0.15, 0.2) is 0 Å². The lowest BCUT2D eigenvalue weighted by Crippen LogP contribution is -2.42. The summed E-state index contributed by atoms with van der Waals surface area (Å²) in [5.74, 6) is 0.685. The molecule has 0 aliphatic carbocycles. The van der Waals surface area contributed by atoms with E-state index in [1.54, 1.807) is 21.3 Å². The smallest absolute Gasteiger partial charge is 0.377 e. The zero-order valence-electron chi connectivity index (χ0n) is 7.70. The van der Waals surface area contributed by atoms with E-state index in [0.29, 0.717) is 5.75 Å². The molecule has 0 fully saturated rings. The average molecular weight is 212 g/mol. The second-order valence-corrected chi connectivity index (χ2v) is 5.99. The zero-order chi connectivity index (χ0) is 9.45. The lowest BCUT2D eigenvalue weighted by atomic mass is 10.6. The van der Waals surface area contributed by atoms with Gasteiger partial charge in [0.2, 0.25) is 0 Å². The quantitative estimate of drug-likeness (QED) is 0.393. The molecule has 6 heteroatoms. The molecule has 0 aromatic heterocycles. The van der Waals surface area contributed by atoms with Crippen LogP contribution in [-0.2, 0) is 13.3 Å². The fourth-order valence-electron chi connectivity index (χ4n) is 0.909. The molecule has 0 aliphatic heterocycles. The minimum Gasteiger partial charge on any atom is -0.377 e. The van der Waals surface area contributed by atoms with Crippen LogP contribution in [0.1, 0.15) is 6.42 Å². The summed E-state index contributed by atoms with van der Waals surface area (Å²) < 4.78 is 24.1. The Balaban J connectivity index is 3.76. The van der Waals surface area contributed by atoms with Crippen molar-refractivity contribution in [2.24, 2.45) is 0 Å². The highest BCUT2D eigenvalue weighted by molar-refractivity contribution is 7.93. The van der Waals surface area contributed by atoms with Gasteiger partial charge in [-0.25, -0.2) is 0 Å². The molecule has 0 saturated heterocycles. The van der Waals surface area contributed by atoms with Crippen LogP contribution in [-0.4, -0.2) is 40.4 Å². The fraction of sp³-hybridized carbons (Fsp3) is 1.00. The molecule has 0 spiro atoms. The summed E-state index contributed by atoms with van der Waals surface area (Å²) in [5.41, 5.74) is 0. The summed E-state index contributed by atoms with van der Waals surface area (Å²) in [4.78, 5) is 0. The van der Waals surface area contributed by atoms with Gasteiger partial charge in [-0.3, -0.25) is 0 Å². The third-order valence-corrected chi connectivity index (χ3v) is 4.95. The molecule has 0 aliphatic rings. The molecule has 0 saturated carbocycles. The molecule has 0 radical (unpaired) electrons. The molecule has 74 valence electrons. The molecule has 0 aromatic carbocycles. The van der Waals surface area contributed by atoms with Crippen molar-refractivity contribution < 1.29 is 17.8 Å². The molecule has 0 rings (SSSR count). The molecular formula is C6H16O4SSi. The Morgan fingerprint density at radius 3 is 2.00 bits per heavy atom. The summed E-state index contributed by atoms with van der Waals surface area (Å²) in [6, 6.07) is 0.740. The van der Waals surface area contributed by atoms with Crippen LogP contribution in [0, 0.1) is 0 Å². The van der Waals surface area contributed by atoms with E-state index >= 15 is 0 Å². The highest BCUT2D eigenvalue weighted by Crippen LogP contribution is 2.16. The van der Waals surface area contributed by atoms with Crippen molar-refractivity contribution in [3.63, 3.8) is 0 Å². The minimum atomic E-state index is -2.38. The average Bonchev–Trinajstić information content (AvgIpc) is 2.14. The Labute approximate surface area is 78.8 Å². The molecule has 1 N–H and O–H groups in total. The van der Waals surface area contributed by atoms with E-state index in [0.717, 1.165) is 24.5 Å². The van der Waals surface area contributed by atoms with Gasteiger partial charge in [-0.15, -0.1) is 0 Å². The molecule has 0 atom stereocenters. The van der Waals surface area contributed by atoms with Gasteiger partial charge in [0.1, 0.15) is 0 Å².